The first-order valence-corrected chi connectivity index (χ1v) is 5.65. The summed E-state index contributed by atoms with van der Waals surface area (Å²) < 4.78 is 2.59. The van der Waals surface area contributed by atoms with Crippen molar-refractivity contribution in [2.24, 2.45) is 7.05 Å². The Morgan fingerprint density at radius 1 is 1.56 bits per heavy atom. The van der Waals surface area contributed by atoms with Gasteiger partial charge in [-0.15, -0.1) is 0 Å². The van der Waals surface area contributed by atoms with Gasteiger partial charge in [0.05, 0.1) is 11.4 Å². The molecule has 0 aliphatic carbocycles. The van der Waals surface area contributed by atoms with E-state index in [0.717, 1.165) is 21.1 Å². The number of aromatic nitrogens is 2. The third-order valence-corrected chi connectivity index (χ3v) is 3.60. The number of nitrogens with zero attached hydrogens (tertiary/aromatic N) is 2. The molecule has 1 N–H and O–H groups in total. The van der Waals surface area contributed by atoms with E-state index >= 15 is 0 Å². The molecule has 0 saturated heterocycles. The van der Waals surface area contributed by atoms with Crippen molar-refractivity contribution in [3.05, 3.63) is 28.4 Å². The minimum Gasteiger partial charge on any atom is -0.481 e. The van der Waals surface area contributed by atoms with E-state index in [1.54, 1.807) is 17.7 Å². The van der Waals surface area contributed by atoms with Crippen LogP contribution in [0.5, 0.6) is 0 Å². The van der Waals surface area contributed by atoms with Gasteiger partial charge in [-0.2, -0.15) is 5.10 Å². The normalized spacial score (nSPS) is 12.9. The Hall–Kier alpha value is -1.36. The molecule has 16 heavy (non-hydrogen) atoms. The van der Waals surface area contributed by atoms with E-state index in [1.807, 2.05) is 19.2 Å². The smallest absolute Gasteiger partial charge is 0.310 e. The highest BCUT2D eigenvalue weighted by molar-refractivity contribution is 9.10. The SMILES string of the molecule is CC(C(=O)O)c1ccc2nn(C)c(Br)c2c1. The van der Waals surface area contributed by atoms with E-state index in [2.05, 4.69) is 21.0 Å². The lowest BCUT2D eigenvalue weighted by Crippen LogP contribution is -2.06. The Labute approximate surface area is 101 Å². The van der Waals surface area contributed by atoms with Gasteiger partial charge in [-0.3, -0.25) is 9.48 Å². The molecule has 5 heteroatoms. The number of rotatable bonds is 2. The topological polar surface area (TPSA) is 55.1 Å². The third kappa shape index (κ3) is 1.71. The summed E-state index contributed by atoms with van der Waals surface area (Å²) in [6.07, 6.45) is 0. The number of hydrogen-bond acceptors (Lipinski definition) is 2. The second kappa shape index (κ2) is 3.90. The van der Waals surface area contributed by atoms with Crippen LogP contribution < -0.4 is 0 Å². The van der Waals surface area contributed by atoms with Crippen molar-refractivity contribution in [2.45, 2.75) is 12.8 Å². The molecule has 0 radical (unpaired) electrons. The van der Waals surface area contributed by atoms with Gasteiger partial charge in [0.25, 0.3) is 0 Å². The summed E-state index contributed by atoms with van der Waals surface area (Å²) in [5, 5.41) is 14.2. The zero-order chi connectivity index (χ0) is 11.9. The average Bonchev–Trinajstić information content (AvgIpc) is 2.53. The first-order chi connectivity index (χ1) is 7.50. The lowest BCUT2D eigenvalue weighted by Gasteiger charge is -2.05. The molecule has 0 spiro atoms. The van der Waals surface area contributed by atoms with Crippen LogP contribution in [0.25, 0.3) is 10.9 Å². The fraction of sp³-hybridized carbons (Fsp3) is 0.273. The van der Waals surface area contributed by atoms with E-state index < -0.39 is 11.9 Å². The molecule has 1 aromatic heterocycles. The van der Waals surface area contributed by atoms with Gasteiger partial charge in [0.2, 0.25) is 0 Å². The minimum atomic E-state index is -0.820. The van der Waals surface area contributed by atoms with Gasteiger partial charge in [0.15, 0.2) is 0 Å². The number of aryl methyl sites for hydroxylation is 1. The maximum Gasteiger partial charge on any atom is 0.310 e. The molecule has 0 bridgehead atoms. The zero-order valence-corrected chi connectivity index (χ0v) is 10.5. The second-order valence-electron chi connectivity index (χ2n) is 3.75. The van der Waals surface area contributed by atoms with Crippen LogP contribution in [-0.4, -0.2) is 20.9 Å². The average molecular weight is 283 g/mol. The van der Waals surface area contributed by atoms with Gasteiger partial charge in [-0.1, -0.05) is 6.07 Å². The molecule has 1 atom stereocenters. The van der Waals surface area contributed by atoms with E-state index in [0.29, 0.717) is 0 Å². The summed E-state index contributed by atoms with van der Waals surface area (Å²) in [6.45, 7) is 1.67. The Morgan fingerprint density at radius 2 is 2.25 bits per heavy atom. The van der Waals surface area contributed by atoms with Crippen LogP contribution in [0, 0.1) is 0 Å². The lowest BCUT2D eigenvalue weighted by molar-refractivity contribution is -0.138. The highest BCUT2D eigenvalue weighted by Gasteiger charge is 2.15. The molecule has 0 saturated carbocycles. The van der Waals surface area contributed by atoms with Gasteiger partial charge in [-0.05, 0) is 40.5 Å². The predicted molar refractivity (Wildman–Crippen MR) is 64.5 cm³/mol. The molecule has 1 heterocycles. The maximum atomic E-state index is 10.9. The molecule has 2 aromatic rings. The first-order valence-electron chi connectivity index (χ1n) is 4.85. The fourth-order valence-corrected chi connectivity index (χ4v) is 1.99. The Bertz CT molecular complexity index is 562. The van der Waals surface area contributed by atoms with Crippen LogP contribution >= 0.6 is 15.9 Å². The van der Waals surface area contributed by atoms with E-state index in [1.165, 1.54) is 0 Å². The Kier molecular flexibility index (Phi) is 2.71. The maximum absolute atomic E-state index is 10.9. The van der Waals surface area contributed by atoms with Gasteiger partial charge < -0.3 is 5.11 Å². The van der Waals surface area contributed by atoms with Crippen molar-refractivity contribution in [1.82, 2.24) is 9.78 Å². The molecule has 1 unspecified atom stereocenters. The Morgan fingerprint density at radius 3 is 2.88 bits per heavy atom. The molecule has 1 aromatic carbocycles. The number of carbonyl (C=O) groups is 1. The van der Waals surface area contributed by atoms with Crippen molar-refractivity contribution in [2.75, 3.05) is 0 Å². The molecular weight excluding hydrogens is 272 g/mol. The van der Waals surface area contributed by atoms with Gasteiger partial charge >= 0.3 is 5.97 Å². The predicted octanol–water partition coefficient (Wildman–Crippen LogP) is 2.52. The van der Waals surface area contributed by atoms with Crippen molar-refractivity contribution >= 4 is 32.8 Å². The van der Waals surface area contributed by atoms with Gasteiger partial charge in [-0.25, -0.2) is 0 Å². The van der Waals surface area contributed by atoms with Gasteiger partial charge in [0.1, 0.15) is 4.60 Å². The summed E-state index contributed by atoms with van der Waals surface area (Å²) in [5.74, 6) is -1.32. The number of carboxylic acids is 1. The number of fused-ring (bicyclic) bond motifs is 1. The van der Waals surface area contributed by atoms with Crippen molar-refractivity contribution in [3.63, 3.8) is 0 Å². The molecule has 0 fully saturated rings. The summed E-state index contributed by atoms with van der Waals surface area (Å²) in [7, 11) is 1.84. The number of halogens is 1. The quantitative estimate of drug-likeness (QED) is 0.921. The van der Waals surface area contributed by atoms with Crippen LogP contribution in [0.3, 0.4) is 0 Å². The van der Waals surface area contributed by atoms with Crippen LogP contribution in [0.2, 0.25) is 0 Å². The molecule has 0 aliphatic heterocycles. The molecule has 0 amide bonds. The summed E-state index contributed by atoms with van der Waals surface area (Å²) in [5.41, 5.74) is 1.64. The van der Waals surface area contributed by atoms with Crippen LogP contribution in [-0.2, 0) is 11.8 Å². The van der Waals surface area contributed by atoms with E-state index in [4.69, 9.17) is 5.11 Å². The molecular formula is C11H11BrN2O2. The number of carboxylic acid groups (broad SMARTS) is 1. The monoisotopic (exact) mass is 282 g/mol. The third-order valence-electron chi connectivity index (χ3n) is 2.66. The summed E-state index contributed by atoms with van der Waals surface area (Å²) >= 11 is 3.42. The fourth-order valence-electron chi connectivity index (χ4n) is 1.60. The number of aliphatic carboxylic acids is 1. The van der Waals surface area contributed by atoms with Crippen LogP contribution in [0.4, 0.5) is 0 Å². The largest absolute Gasteiger partial charge is 0.481 e. The number of benzene rings is 1. The molecule has 84 valence electrons. The highest BCUT2D eigenvalue weighted by atomic mass is 79.9. The summed E-state index contributed by atoms with van der Waals surface area (Å²) in [4.78, 5) is 10.9. The van der Waals surface area contributed by atoms with Gasteiger partial charge in [0, 0.05) is 12.4 Å². The van der Waals surface area contributed by atoms with Crippen molar-refractivity contribution in [1.29, 1.82) is 0 Å². The molecule has 2 rings (SSSR count). The minimum absolute atomic E-state index is 0.503. The van der Waals surface area contributed by atoms with Crippen molar-refractivity contribution in [3.8, 4) is 0 Å². The molecule has 0 aliphatic rings. The van der Waals surface area contributed by atoms with E-state index in [9.17, 15) is 4.79 Å². The molecule has 4 nitrogen and oxygen atoms in total. The lowest BCUT2D eigenvalue weighted by atomic mass is 10.0. The zero-order valence-electron chi connectivity index (χ0n) is 8.94. The standard InChI is InChI=1S/C11H11BrN2O2/c1-6(11(15)16)7-3-4-9-8(5-7)10(12)14(2)13-9/h3-6H,1-2H3,(H,15,16). The van der Waals surface area contributed by atoms with Crippen LogP contribution in [0.15, 0.2) is 22.8 Å². The van der Waals surface area contributed by atoms with E-state index in [-0.39, 0.29) is 0 Å². The first kappa shape index (κ1) is 11.1. The second-order valence-corrected chi connectivity index (χ2v) is 4.50. The highest BCUT2D eigenvalue weighted by Crippen LogP contribution is 2.26. The Balaban J connectivity index is 2.59. The van der Waals surface area contributed by atoms with Crippen molar-refractivity contribution < 1.29 is 9.90 Å². The summed E-state index contributed by atoms with van der Waals surface area (Å²) in [6, 6.07) is 5.51. The number of hydrogen-bond donors (Lipinski definition) is 1. The van der Waals surface area contributed by atoms with Crippen LogP contribution in [0.1, 0.15) is 18.4 Å².